The van der Waals surface area contributed by atoms with Crippen molar-refractivity contribution in [3.8, 4) is 11.4 Å². The molecule has 2 aliphatic heterocycles. The molecule has 7 aromatic rings. The number of aromatic hydroxyl groups is 1. The predicted molar refractivity (Wildman–Crippen MR) is 233 cm³/mol. The largest absolute Gasteiger partial charge is 0.508 e. The number of benzene rings is 5. The Bertz CT molecular complexity index is 2610. The lowest BCUT2D eigenvalue weighted by atomic mass is 9.92. The van der Waals surface area contributed by atoms with Crippen molar-refractivity contribution < 1.29 is 14.7 Å². The Morgan fingerprint density at radius 1 is 0.772 bits per heavy atom. The highest BCUT2D eigenvalue weighted by Crippen LogP contribution is 2.36. The van der Waals surface area contributed by atoms with Crippen molar-refractivity contribution in [1.29, 1.82) is 0 Å². The number of phenols is 1. The van der Waals surface area contributed by atoms with Gasteiger partial charge in [0, 0.05) is 96.9 Å². The van der Waals surface area contributed by atoms with Crippen LogP contribution in [-0.2, 0) is 20.0 Å². The van der Waals surface area contributed by atoms with Crippen LogP contribution in [0.4, 0.5) is 11.4 Å². The molecule has 2 aromatic heterocycles. The summed E-state index contributed by atoms with van der Waals surface area (Å²) in [7, 11) is 4.16. The highest BCUT2D eigenvalue weighted by atomic mass is 79.9. The first-order valence-electron chi connectivity index (χ1n) is 19.1. The van der Waals surface area contributed by atoms with Crippen LogP contribution in [0.25, 0.3) is 27.5 Å². The van der Waals surface area contributed by atoms with Gasteiger partial charge >= 0.3 is 0 Å². The van der Waals surface area contributed by atoms with Crippen molar-refractivity contribution in [2.24, 2.45) is 7.05 Å². The molecule has 0 bridgehead atoms. The van der Waals surface area contributed by atoms with E-state index in [0.717, 1.165) is 65.4 Å². The SMILES string of the molecule is CN1CCN(C[C@@H]2Cc3ccccc3CN2C(=O)c2ccc(Br)cc2-n2cc(C(=O)N(c3ccc(O)cc3)c3ccc4c(ccn4C)c3)c3ccccc32)CC1.Cl. The van der Waals surface area contributed by atoms with E-state index in [1.807, 2.05) is 95.3 Å². The van der Waals surface area contributed by atoms with Crippen LogP contribution in [-0.4, -0.2) is 86.6 Å². The number of likely N-dealkylation sites (N-methyl/N-ethyl adjacent to an activating group) is 1. The lowest BCUT2D eigenvalue weighted by molar-refractivity contribution is 0.0535. The quantitative estimate of drug-likeness (QED) is 0.174. The molecule has 57 heavy (non-hydrogen) atoms. The molecule has 0 radical (unpaired) electrons. The number of phenolic OH excluding ortho intramolecular Hbond substituents is 1. The van der Waals surface area contributed by atoms with Gasteiger partial charge < -0.3 is 24.0 Å². The van der Waals surface area contributed by atoms with Gasteiger partial charge in [-0.1, -0.05) is 58.4 Å². The normalized spacial score (nSPS) is 16.1. The molecule has 1 atom stereocenters. The number of hydrogen-bond donors (Lipinski definition) is 1. The summed E-state index contributed by atoms with van der Waals surface area (Å²) in [5.41, 5.74) is 7.41. The fourth-order valence-corrected chi connectivity index (χ4v) is 8.77. The highest BCUT2D eigenvalue weighted by molar-refractivity contribution is 9.10. The van der Waals surface area contributed by atoms with Gasteiger partial charge in [-0.25, -0.2) is 0 Å². The molecule has 1 N–H and O–H groups in total. The lowest BCUT2D eigenvalue weighted by Crippen LogP contribution is -2.53. The Labute approximate surface area is 346 Å². The van der Waals surface area contributed by atoms with E-state index in [9.17, 15) is 5.11 Å². The Kier molecular flexibility index (Phi) is 10.7. The summed E-state index contributed by atoms with van der Waals surface area (Å²) in [5, 5.41) is 11.9. The number of fused-ring (bicyclic) bond motifs is 3. The maximum Gasteiger partial charge on any atom is 0.265 e. The minimum Gasteiger partial charge on any atom is -0.508 e. The standard InChI is InChI=1S/C46H43BrN6O3.ClH/c1-48-21-23-50(24-22-48)29-37-25-31-7-3-4-8-33(31)28-51(37)45(55)40-17-11-34(47)27-44(40)52-30-41(39-9-5-6-10-43(39)52)46(56)53(35-12-15-38(54)16-13-35)36-14-18-42-32(26-36)19-20-49(42)2;/h3-20,26-27,30,37,54H,21-25,28-29H2,1-2H3;1H/t37-;/m0./s1. The van der Waals surface area contributed by atoms with Crippen LogP contribution in [0.3, 0.4) is 0 Å². The van der Waals surface area contributed by atoms with E-state index in [0.29, 0.717) is 34.7 Å². The van der Waals surface area contributed by atoms with E-state index < -0.39 is 0 Å². The number of hydrogen-bond acceptors (Lipinski definition) is 5. The van der Waals surface area contributed by atoms with Crippen molar-refractivity contribution in [3.63, 3.8) is 0 Å². The highest BCUT2D eigenvalue weighted by Gasteiger charge is 2.34. The first kappa shape index (κ1) is 38.5. The lowest BCUT2D eigenvalue weighted by Gasteiger charge is -2.41. The van der Waals surface area contributed by atoms with Gasteiger partial charge in [0.1, 0.15) is 5.75 Å². The molecule has 2 amide bonds. The number of anilines is 2. The first-order chi connectivity index (χ1) is 27.2. The van der Waals surface area contributed by atoms with E-state index in [1.54, 1.807) is 29.2 Å². The van der Waals surface area contributed by atoms with Crippen LogP contribution in [0.2, 0.25) is 0 Å². The fourth-order valence-electron chi connectivity index (χ4n) is 8.42. The maximum absolute atomic E-state index is 15.1. The molecule has 0 aliphatic carbocycles. The number of para-hydroxylation sites is 1. The van der Waals surface area contributed by atoms with Gasteiger partial charge in [0.15, 0.2) is 0 Å². The molecule has 290 valence electrons. The third kappa shape index (κ3) is 7.34. The molecule has 11 heteroatoms. The Hall–Kier alpha value is -5.39. The first-order valence-corrected chi connectivity index (χ1v) is 19.9. The van der Waals surface area contributed by atoms with Crippen LogP contribution in [0.15, 0.2) is 132 Å². The van der Waals surface area contributed by atoms with E-state index >= 15 is 9.59 Å². The molecule has 9 rings (SSSR count). The number of nitrogens with zero attached hydrogens (tertiary/aromatic N) is 6. The maximum atomic E-state index is 15.1. The van der Waals surface area contributed by atoms with Crippen LogP contribution in [0, 0.1) is 0 Å². The number of aryl methyl sites for hydroxylation is 1. The molecule has 0 unspecified atom stereocenters. The van der Waals surface area contributed by atoms with E-state index in [-0.39, 0.29) is 36.0 Å². The zero-order chi connectivity index (χ0) is 38.5. The average molecular weight is 844 g/mol. The number of carbonyl (C=O) groups excluding carboxylic acids is 2. The Morgan fingerprint density at radius 3 is 2.28 bits per heavy atom. The molecular weight excluding hydrogens is 800 g/mol. The minimum absolute atomic E-state index is 0. The fraction of sp³-hybridized carbons (Fsp3) is 0.217. The third-order valence-electron chi connectivity index (χ3n) is 11.5. The monoisotopic (exact) mass is 842 g/mol. The molecule has 5 aromatic carbocycles. The number of carbonyl (C=O) groups is 2. The molecule has 0 saturated carbocycles. The molecule has 1 saturated heterocycles. The summed E-state index contributed by atoms with van der Waals surface area (Å²) in [6, 6.07) is 36.9. The summed E-state index contributed by atoms with van der Waals surface area (Å²) in [5.74, 6) is -0.150. The van der Waals surface area contributed by atoms with Crippen LogP contribution in [0.5, 0.6) is 5.75 Å². The van der Waals surface area contributed by atoms with E-state index in [4.69, 9.17) is 0 Å². The van der Waals surface area contributed by atoms with Crippen molar-refractivity contribution in [2.45, 2.75) is 19.0 Å². The molecule has 4 heterocycles. The third-order valence-corrected chi connectivity index (χ3v) is 12.0. The second-order valence-electron chi connectivity index (χ2n) is 15.1. The van der Waals surface area contributed by atoms with Crippen molar-refractivity contribution in [1.82, 2.24) is 23.8 Å². The smallest absolute Gasteiger partial charge is 0.265 e. The van der Waals surface area contributed by atoms with Gasteiger partial charge in [-0.15, -0.1) is 12.4 Å². The van der Waals surface area contributed by atoms with Crippen LogP contribution in [0.1, 0.15) is 31.8 Å². The van der Waals surface area contributed by atoms with Crippen molar-refractivity contribution in [2.75, 3.05) is 44.7 Å². The Balaban J connectivity index is 0.00000455. The summed E-state index contributed by atoms with van der Waals surface area (Å²) in [6.45, 7) is 5.33. The predicted octanol–water partition coefficient (Wildman–Crippen LogP) is 8.81. The topological polar surface area (TPSA) is 77.2 Å². The van der Waals surface area contributed by atoms with Crippen molar-refractivity contribution in [3.05, 3.63) is 154 Å². The van der Waals surface area contributed by atoms with Gasteiger partial charge in [-0.05, 0) is 97.4 Å². The summed E-state index contributed by atoms with van der Waals surface area (Å²) < 4.78 is 4.87. The second kappa shape index (κ2) is 15.9. The van der Waals surface area contributed by atoms with Gasteiger partial charge in [-0.3, -0.25) is 19.4 Å². The molecule has 1 fully saturated rings. The summed E-state index contributed by atoms with van der Waals surface area (Å²) in [6.07, 6.45) is 4.67. The van der Waals surface area contributed by atoms with Gasteiger partial charge in [0.05, 0.1) is 22.3 Å². The molecule has 9 nitrogen and oxygen atoms in total. The number of piperazine rings is 1. The van der Waals surface area contributed by atoms with E-state index in [2.05, 4.69) is 61.9 Å². The number of halogens is 2. The number of amides is 2. The Morgan fingerprint density at radius 2 is 1.49 bits per heavy atom. The van der Waals surface area contributed by atoms with Crippen molar-refractivity contribution >= 4 is 73.3 Å². The zero-order valence-corrected chi connectivity index (χ0v) is 34.3. The minimum atomic E-state index is -0.233. The van der Waals surface area contributed by atoms with Gasteiger partial charge in [-0.2, -0.15) is 0 Å². The number of rotatable bonds is 7. The summed E-state index contributed by atoms with van der Waals surface area (Å²) in [4.78, 5) is 38.8. The summed E-state index contributed by atoms with van der Waals surface area (Å²) >= 11 is 3.71. The molecule has 2 aliphatic rings. The van der Waals surface area contributed by atoms with Crippen LogP contribution >= 0.6 is 28.3 Å². The van der Waals surface area contributed by atoms with Gasteiger partial charge in [0.25, 0.3) is 11.8 Å². The van der Waals surface area contributed by atoms with E-state index in [1.165, 1.54) is 11.1 Å². The second-order valence-corrected chi connectivity index (χ2v) is 16.0. The number of aromatic nitrogens is 2. The molecular formula is C46H44BrClN6O3. The molecule has 0 spiro atoms. The zero-order valence-electron chi connectivity index (χ0n) is 31.9. The van der Waals surface area contributed by atoms with Gasteiger partial charge in [0.2, 0.25) is 0 Å². The van der Waals surface area contributed by atoms with Crippen LogP contribution < -0.4 is 4.90 Å². The average Bonchev–Trinajstić information content (AvgIpc) is 3.79.